The van der Waals surface area contributed by atoms with E-state index in [1.165, 1.54) is 43.7 Å². The fourth-order valence-corrected chi connectivity index (χ4v) is 5.70. The average molecular weight is 656 g/mol. The first-order valence-electron chi connectivity index (χ1n) is 13.1. The SMILES string of the molecule is COc1ccc(N(CC(=O)N/N=C\c2ccc(OCC(=O)Nc3ccccc3Cl)cc2)S(=O)(=O)c2ccc(C)cc2)cc1Cl. The van der Waals surface area contributed by atoms with E-state index in [-0.39, 0.29) is 28.1 Å². The van der Waals surface area contributed by atoms with E-state index in [9.17, 15) is 18.0 Å². The van der Waals surface area contributed by atoms with Crippen molar-refractivity contribution in [3.8, 4) is 11.5 Å². The molecule has 0 saturated heterocycles. The van der Waals surface area contributed by atoms with Crippen LogP contribution < -0.4 is 24.5 Å². The second-order valence-corrected chi connectivity index (χ2v) is 12.0. The number of carbonyl (C=O) groups is 2. The monoisotopic (exact) mass is 654 g/mol. The number of sulfonamides is 1. The summed E-state index contributed by atoms with van der Waals surface area (Å²) >= 11 is 12.3. The maximum Gasteiger partial charge on any atom is 0.264 e. The summed E-state index contributed by atoms with van der Waals surface area (Å²) in [6.07, 6.45) is 1.38. The number of methoxy groups -OCH3 is 1. The van der Waals surface area contributed by atoms with Crippen molar-refractivity contribution in [1.82, 2.24) is 5.43 Å². The van der Waals surface area contributed by atoms with Crippen molar-refractivity contribution in [3.05, 3.63) is 112 Å². The summed E-state index contributed by atoms with van der Waals surface area (Å²) in [6, 6.07) is 24.2. The highest BCUT2D eigenvalue weighted by molar-refractivity contribution is 7.92. The van der Waals surface area contributed by atoms with Crippen LogP contribution in [0.5, 0.6) is 11.5 Å². The Balaban J connectivity index is 1.38. The molecule has 2 N–H and O–H groups in total. The van der Waals surface area contributed by atoms with Crippen molar-refractivity contribution in [1.29, 1.82) is 0 Å². The predicted octanol–water partition coefficient (Wildman–Crippen LogP) is 5.67. The minimum absolute atomic E-state index is 0.00926. The van der Waals surface area contributed by atoms with Gasteiger partial charge in [-0.3, -0.25) is 13.9 Å². The molecule has 0 atom stereocenters. The van der Waals surface area contributed by atoms with Gasteiger partial charge >= 0.3 is 0 Å². The Kier molecular flexibility index (Phi) is 10.8. The topological polar surface area (TPSA) is 126 Å². The lowest BCUT2D eigenvalue weighted by molar-refractivity contribution is -0.119. The Hall–Kier alpha value is -4.58. The van der Waals surface area contributed by atoms with Gasteiger partial charge in [-0.25, -0.2) is 13.8 Å². The molecule has 13 heteroatoms. The second-order valence-electron chi connectivity index (χ2n) is 9.32. The van der Waals surface area contributed by atoms with Gasteiger partial charge in [0.2, 0.25) is 0 Å². The molecule has 0 aromatic heterocycles. The van der Waals surface area contributed by atoms with Crippen LogP contribution in [0.2, 0.25) is 10.0 Å². The number of ether oxygens (including phenoxy) is 2. The van der Waals surface area contributed by atoms with Crippen molar-refractivity contribution >= 4 is 62.6 Å². The largest absolute Gasteiger partial charge is 0.495 e. The van der Waals surface area contributed by atoms with Gasteiger partial charge in [-0.05, 0) is 79.2 Å². The van der Waals surface area contributed by atoms with Crippen LogP contribution >= 0.6 is 23.2 Å². The minimum atomic E-state index is -4.14. The number of benzene rings is 4. The van der Waals surface area contributed by atoms with Crippen LogP contribution in [0.15, 0.2) is 101 Å². The van der Waals surface area contributed by atoms with Gasteiger partial charge in [0.25, 0.3) is 21.8 Å². The summed E-state index contributed by atoms with van der Waals surface area (Å²) in [5, 5.41) is 7.22. The van der Waals surface area contributed by atoms with E-state index in [0.29, 0.717) is 27.8 Å². The molecule has 0 spiro atoms. The number of aryl methyl sites for hydroxylation is 1. The summed E-state index contributed by atoms with van der Waals surface area (Å²) in [7, 11) is -2.70. The first-order valence-corrected chi connectivity index (χ1v) is 15.3. The van der Waals surface area contributed by atoms with Gasteiger partial charge in [-0.2, -0.15) is 5.10 Å². The smallest absolute Gasteiger partial charge is 0.264 e. The highest BCUT2D eigenvalue weighted by atomic mass is 35.5. The fraction of sp³-hybridized carbons (Fsp3) is 0.129. The van der Waals surface area contributed by atoms with E-state index in [2.05, 4.69) is 15.8 Å². The van der Waals surface area contributed by atoms with Gasteiger partial charge in [-0.15, -0.1) is 0 Å². The van der Waals surface area contributed by atoms with E-state index in [4.69, 9.17) is 32.7 Å². The molecule has 0 unspecified atom stereocenters. The molecule has 0 radical (unpaired) electrons. The number of rotatable bonds is 12. The lowest BCUT2D eigenvalue weighted by Crippen LogP contribution is -2.39. The van der Waals surface area contributed by atoms with Crippen LogP contribution in [0.3, 0.4) is 0 Å². The molecule has 0 aliphatic rings. The van der Waals surface area contributed by atoms with Crippen LogP contribution in [0.4, 0.5) is 11.4 Å². The lowest BCUT2D eigenvalue weighted by atomic mass is 10.2. The number of anilines is 2. The second kappa shape index (κ2) is 14.7. The van der Waals surface area contributed by atoms with Crippen LogP contribution in [-0.4, -0.2) is 46.7 Å². The molecule has 0 aliphatic heterocycles. The molecule has 10 nitrogen and oxygen atoms in total. The third-order valence-corrected chi connectivity index (χ3v) is 8.53. The third-order valence-electron chi connectivity index (χ3n) is 6.12. The van der Waals surface area contributed by atoms with Crippen LogP contribution in [0.25, 0.3) is 0 Å². The number of carbonyl (C=O) groups excluding carboxylic acids is 2. The van der Waals surface area contributed by atoms with Gasteiger partial charge < -0.3 is 14.8 Å². The Morgan fingerprint density at radius 1 is 0.909 bits per heavy atom. The Labute approximate surface area is 265 Å². The summed E-state index contributed by atoms with van der Waals surface area (Å²) in [5.74, 6) is -0.264. The van der Waals surface area contributed by atoms with Gasteiger partial charge in [0.1, 0.15) is 18.0 Å². The number of hydrogen-bond donors (Lipinski definition) is 2. The van der Waals surface area contributed by atoms with E-state index in [1.54, 1.807) is 60.7 Å². The van der Waals surface area contributed by atoms with E-state index in [0.717, 1.165) is 9.87 Å². The zero-order chi connectivity index (χ0) is 31.7. The summed E-state index contributed by atoms with van der Waals surface area (Å²) in [5.41, 5.74) is 4.51. The first kappa shape index (κ1) is 32.3. The van der Waals surface area contributed by atoms with Gasteiger partial charge in [0, 0.05) is 0 Å². The first-order chi connectivity index (χ1) is 21.1. The van der Waals surface area contributed by atoms with Crippen LogP contribution in [0, 0.1) is 6.92 Å². The number of para-hydroxylation sites is 1. The molecule has 2 amide bonds. The number of hydrogen-bond acceptors (Lipinski definition) is 7. The number of halogens is 2. The van der Waals surface area contributed by atoms with Crippen molar-refractivity contribution in [3.63, 3.8) is 0 Å². The predicted molar refractivity (Wildman–Crippen MR) is 171 cm³/mol. The van der Waals surface area contributed by atoms with E-state index >= 15 is 0 Å². The molecule has 0 fully saturated rings. The fourth-order valence-electron chi connectivity index (χ4n) is 3.86. The van der Waals surface area contributed by atoms with Gasteiger partial charge in [-0.1, -0.05) is 53.0 Å². The molecule has 4 aromatic carbocycles. The highest BCUT2D eigenvalue weighted by Crippen LogP contribution is 2.32. The molecule has 0 aliphatic carbocycles. The molecule has 0 heterocycles. The molecular formula is C31H28Cl2N4O6S. The van der Waals surface area contributed by atoms with Crippen molar-refractivity contribution in [2.45, 2.75) is 11.8 Å². The molecule has 0 saturated carbocycles. The summed E-state index contributed by atoms with van der Waals surface area (Å²) in [6.45, 7) is 1.04. The zero-order valence-corrected chi connectivity index (χ0v) is 26.0. The number of amides is 2. The van der Waals surface area contributed by atoms with E-state index in [1.807, 2.05) is 6.92 Å². The van der Waals surface area contributed by atoms with Crippen molar-refractivity contribution in [2.75, 3.05) is 29.9 Å². The molecular weight excluding hydrogens is 627 g/mol. The standard InChI is InChI=1S/C31H28Cl2N4O6S/c1-21-7-14-25(15-8-21)44(40,41)37(23-11-16-29(42-2)27(33)17-23)19-30(38)36-34-18-22-9-12-24(13-10-22)43-20-31(39)35-28-6-4-3-5-26(28)32/h3-18H,19-20H2,1-2H3,(H,35,39)(H,36,38)/b34-18-. The maximum absolute atomic E-state index is 13.6. The maximum atomic E-state index is 13.6. The molecule has 228 valence electrons. The van der Waals surface area contributed by atoms with Crippen LogP contribution in [0.1, 0.15) is 11.1 Å². The third kappa shape index (κ3) is 8.50. The zero-order valence-electron chi connectivity index (χ0n) is 23.7. The van der Waals surface area contributed by atoms with Crippen molar-refractivity contribution < 1.29 is 27.5 Å². The normalized spacial score (nSPS) is 11.2. The minimum Gasteiger partial charge on any atom is -0.495 e. The molecule has 0 bridgehead atoms. The quantitative estimate of drug-likeness (QED) is 0.150. The lowest BCUT2D eigenvalue weighted by Gasteiger charge is -2.24. The van der Waals surface area contributed by atoms with Gasteiger partial charge in [0.15, 0.2) is 6.61 Å². The Morgan fingerprint density at radius 2 is 1.61 bits per heavy atom. The number of nitrogens with one attached hydrogen (secondary N) is 2. The van der Waals surface area contributed by atoms with Gasteiger partial charge in [0.05, 0.1) is 39.6 Å². The molecule has 44 heavy (non-hydrogen) atoms. The number of hydrazone groups is 1. The van der Waals surface area contributed by atoms with Crippen LogP contribution in [-0.2, 0) is 19.6 Å². The Bertz CT molecular complexity index is 1770. The molecule has 4 rings (SSSR count). The Morgan fingerprint density at radius 3 is 2.27 bits per heavy atom. The van der Waals surface area contributed by atoms with E-state index < -0.39 is 22.5 Å². The molecule has 4 aromatic rings. The summed E-state index contributed by atoms with van der Waals surface area (Å²) < 4.78 is 38.8. The summed E-state index contributed by atoms with van der Waals surface area (Å²) in [4.78, 5) is 25.0. The number of nitrogens with zero attached hydrogens (tertiary/aromatic N) is 2. The average Bonchev–Trinajstić information content (AvgIpc) is 3.01. The highest BCUT2D eigenvalue weighted by Gasteiger charge is 2.28. The van der Waals surface area contributed by atoms with Crippen molar-refractivity contribution in [2.24, 2.45) is 5.10 Å².